The van der Waals surface area contributed by atoms with Crippen LogP contribution in [0.25, 0.3) is 0 Å². The summed E-state index contributed by atoms with van der Waals surface area (Å²) in [7, 11) is 0. The summed E-state index contributed by atoms with van der Waals surface area (Å²) in [6.45, 7) is 5.31. The van der Waals surface area contributed by atoms with Crippen LogP contribution in [0.2, 0.25) is 0 Å². The Morgan fingerprint density at radius 1 is 1.36 bits per heavy atom. The zero-order chi connectivity index (χ0) is 16.0. The first-order valence-corrected chi connectivity index (χ1v) is 8.45. The number of aromatic nitrogens is 1. The quantitative estimate of drug-likeness (QED) is 0.857. The van der Waals surface area contributed by atoms with Crippen molar-refractivity contribution in [2.75, 3.05) is 18.4 Å². The minimum Gasteiger partial charge on any atom is -0.367 e. The van der Waals surface area contributed by atoms with Crippen LogP contribution in [0, 0.1) is 12.3 Å². The first-order chi connectivity index (χ1) is 10.3. The third kappa shape index (κ3) is 2.91. The monoisotopic (exact) mass is 341 g/mol. The number of halogens is 2. The molecular formula is C16H21Cl2N3O. The van der Waals surface area contributed by atoms with Gasteiger partial charge in [0.2, 0.25) is 5.91 Å². The molecule has 0 bridgehead atoms. The SMILES string of the molecule is Cc1cccc(NC2CCN(C(=O)C3(C)CC3(Cl)Cl)CC2)n1. The van der Waals surface area contributed by atoms with E-state index in [1.54, 1.807) is 0 Å². The van der Waals surface area contributed by atoms with Crippen molar-refractivity contribution < 1.29 is 4.79 Å². The van der Waals surface area contributed by atoms with Gasteiger partial charge in [0, 0.05) is 24.8 Å². The molecule has 1 saturated heterocycles. The molecule has 0 spiro atoms. The van der Waals surface area contributed by atoms with Crippen LogP contribution in [0.3, 0.4) is 0 Å². The van der Waals surface area contributed by atoms with Crippen LogP contribution >= 0.6 is 23.2 Å². The number of pyridine rings is 1. The summed E-state index contributed by atoms with van der Waals surface area (Å²) in [5, 5.41) is 3.45. The molecule has 1 aromatic rings. The minimum absolute atomic E-state index is 0.0876. The maximum Gasteiger partial charge on any atom is 0.231 e. The van der Waals surface area contributed by atoms with Gasteiger partial charge >= 0.3 is 0 Å². The minimum atomic E-state index is -0.884. The number of hydrogen-bond donors (Lipinski definition) is 1. The lowest BCUT2D eigenvalue weighted by atomic mass is 10.0. The molecule has 2 aliphatic rings. The second kappa shape index (κ2) is 5.57. The molecule has 4 nitrogen and oxygen atoms in total. The third-order valence-electron chi connectivity index (χ3n) is 4.75. The van der Waals surface area contributed by atoms with E-state index < -0.39 is 9.75 Å². The number of rotatable bonds is 3. The summed E-state index contributed by atoms with van der Waals surface area (Å²) in [6, 6.07) is 6.30. The molecule has 2 fully saturated rings. The van der Waals surface area contributed by atoms with E-state index in [1.807, 2.05) is 36.9 Å². The van der Waals surface area contributed by atoms with Crippen LogP contribution in [0.15, 0.2) is 18.2 Å². The number of nitrogens with zero attached hydrogens (tertiary/aromatic N) is 2. The molecule has 22 heavy (non-hydrogen) atoms. The van der Waals surface area contributed by atoms with E-state index in [-0.39, 0.29) is 5.91 Å². The normalized spacial score (nSPS) is 27.5. The second-order valence-electron chi connectivity index (χ2n) is 6.59. The van der Waals surface area contributed by atoms with Crippen LogP contribution < -0.4 is 5.32 Å². The fourth-order valence-electron chi connectivity index (χ4n) is 3.04. The molecule has 1 aromatic heterocycles. The van der Waals surface area contributed by atoms with E-state index in [4.69, 9.17) is 23.2 Å². The number of carbonyl (C=O) groups excluding carboxylic acids is 1. The predicted molar refractivity (Wildman–Crippen MR) is 89.4 cm³/mol. The third-order valence-corrected chi connectivity index (χ3v) is 5.85. The molecule has 1 amide bonds. The van der Waals surface area contributed by atoms with E-state index >= 15 is 0 Å². The topological polar surface area (TPSA) is 45.2 Å². The number of piperidine rings is 1. The molecule has 1 aliphatic carbocycles. The number of amides is 1. The van der Waals surface area contributed by atoms with Gasteiger partial charge < -0.3 is 10.2 Å². The lowest BCUT2D eigenvalue weighted by Gasteiger charge is -2.34. The Labute approximate surface area is 141 Å². The Kier molecular flexibility index (Phi) is 4.02. The molecule has 1 atom stereocenters. The van der Waals surface area contributed by atoms with Gasteiger partial charge in [0.05, 0.1) is 5.41 Å². The molecule has 120 valence electrons. The van der Waals surface area contributed by atoms with Crippen molar-refractivity contribution in [2.24, 2.45) is 5.41 Å². The van der Waals surface area contributed by atoms with E-state index in [2.05, 4.69) is 10.3 Å². The molecule has 0 radical (unpaired) electrons. The summed E-state index contributed by atoms with van der Waals surface area (Å²) in [4.78, 5) is 18.9. The lowest BCUT2D eigenvalue weighted by Crippen LogP contribution is -2.46. The highest BCUT2D eigenvalue weighted by atomic mass is 35.5. The number of alkyl halides is 2. The van der Waals surface area contributed by atoms with E-state index in [0.29, 0.717) is 12.5 Å². The number of likely N-dealkylation sites (tertiary alicyclic amines) is 1. The molecule has 1 N–H and O–H groups in total. The largest absolute Gasteiger partial charge is 0.367 e. The fraction of sp³-hybridized carbons (Fsp3) is 0.625. The van der Waals surface area contributed by atoms with E-state index in [1.165, 1.54) is 0 Å². The van der Waals surface area contributed by atoms with Crippen molar-refractivity contribution in [3.8, 4) is 0 Å². The summed E-state index contributed by atoms with van der Waals surface area (Å²) < 4.78 is -0.884. The van der Waals surface area contributed by atoms with Crippen LogP contribution in [0.4, 0.5) is 5.82 Å². The smallest absolute Gasteiger partial charge is 0.231 e. The molecule has 6 heteroatoms. The number of anilines is 1. The van der Waals surface area contributed by atoms with Crippen LogP contribution in [-0.4, -0.2) is 39.3 Å². The number of carbonyl (C=O) groups is 1. The van der Waals surface area contributed by atoms with Crippen molar-refractivity contribution in [2.45, 2.75) is 43.5 Å². The van der Waals surface area contributed by atoms with Gasteiger partial charge in [-0.25, -0.2) is 4.98 Å². The van der Waals surface area contributed by atoms with Crippen molar-refractivity contribution in [3.05, 3.63) is 23.9 Å². The Bertz CT molecular complexity index is 585. The highest BCUT2D eigenvalue weighted by Gasteiger charge is 2.68. The first kappa shape index (κ1) is 15.9. The van der Waals surface area contributed by atoms with Crippen LogP contribution in [0.1, 0.15) is 31.9 Å². The molecule has 1 saturated carbocycles. The highest BCUT2D eigenvalue weighted by Crippen LogP contribution is 2.64. The average molecular weight is 342 g/mol. The van der Waals surface area contributed by atoms with Gasteiger partial charge in [-0.2, -0.15) is 0 Å². The maximum atomic E-state index is 12.5. The maximum absolute atomic E-state index is 12.5. The summed E-state index contributed by atoms with van der Waals surface area (Å²) in [5.41, 5.74) is 0.397. The zero-order valence-corrected chi connectivity index (χ0v) is 14.4. The first-order valence-electron chi connectivity index (χ1n) is 7.69. The standard InChI is InChI=1S/C16H21Cl2N3O/c1-11-4-3-5-13(19-11)20-12-6-8-21(9-7-12)14(22)15(2)10-16(15,17)18/h3-5,12H,6-10H2,1-2H3,(H,19,20). The molecular weight excluding hydrogens is 321 g/mol. The van der Waals surface area contributed by atoms with Crippen molar-refractivity contribution in [3.63, 3.8) is 0 Å². The molecule has 2 heterocycles. The summed E-state index contributed by atoms with van der Waals surface area (Å²) >= 11 is 12.2. The van der Waals surface area contributed by atoms with Gasteiger partial charge in [-0.1, -0.05) is 6.07 Å². The second-order valence-corrected chi connectivity index (χ2v) is 8.07. The Balaban J connectivity index is 1.54. The average Bonchev–Trinajstić information content (AvgIpc) is 2.99. The number of nitrogens with one attached hydrogen (secondary N) is 1. The molecule has 3 rings (SSSR count). The number of aryl methyl sites for hydroxylation is 1. The van der Waals surface area contributed by atoms with Crippen molar-refractivity contribution >= 4 is 34.9 Å². The highest BCUT2D eigenvalue weighted by molar-refractivity contribution is 6.53. The van der Waals surface area contributed by atoms with Gasteiger partial charge in [-0.15, -0.1) is 23.2 Å². The van der Waals surface area contributed by atoms with Gasteiger partial charge in [0.25, 0.3) is 0 Å². The fourth-order valence-corrected chi connectivity index (χ4v) is 3.74. The van der Waals surface area contributed by atoms with Crippen molar-refractivity contribution in [1.29, 1.82) is 0 Å². The molecule has 1 aliphatic heterocycles. The van der Waals surface area contributed by atoms with Crippen molar-refractivity contribution in [1.82, 2.24) is 9.88 Å². The van der Waals surface area contributed by atoms with Gasteiger partial charge in [0.1, 0.15) is 10.2 Å². The summed E-state index contributed by atoms with van der Waals surface area (Å²) in [5.74, 6) is 0.990. The Hall–Kier alpha value is -1.00. The van der Waals surface area contributed by atoms with Gasteiger partial charge in [0.15, 0.2) is 0 Å². The number of hydrogen-bond acceptors (Lipinski definition) is 3. The Morgan fingerprint density at radius 2 is 2.00 bits per heavy atom. The summed E-state index contributed by atoms with van der Waals surface area (Å²) in [6.07, 6.45) is 2.37. The van der Waals surface area contributed by atoms with Gasteiger partial charge in [-0.3, -0.25) is 4.79 Å². The van der Waals surface area contributed by atoms with Crippen LogP contribution in [-0.2, 0) is 4.79 Å². The van der Waals surface area contributed by atoms with Crippen LogP contribution in [0.5, 0.6) is 0 Å². The lowest BCUT2D eigenvalue weighted by molar-refractivity contribution is -0.137. The Morgan fingerprint density at radius 3 is 2.55 bits per heavy atom. The van der Waals surface area contributed by atoms with Gasteiger partial charge in [-0.05, 0) is 45.2 Å². The molecule has 0 aromatic carbocycles. The van der Waals surface area contributed by atoms with E-state index in [0.717, 1.165) is 37.4 Å². The zero-order valence-electron chi connectivity index (χ0n) is 12.9. The van der Waals surface area contributed by atoms with E-state index in [9.17, 15) is 4.79 Å². The predicted octanol–water partition coefficient (Wildman–Crippen LogP) is 3.38. The molecule has 1 unspecified atom stereocenters.